The normalized spacial score (nSPS) is 11.6. The van der Waals surface area contributed by atoms with Crippen molar-refractivity contribution in [3.05, 3.63) is 66.4 Å². The van der Waals surface area contributed by atoms with Crippen LogP contribution in [0, 0.1) is 0 Å². The number of hydrogen-bond donors (Lipinski definition) is 1. The number of aliphatic imine (C=N–C) groups is 1. The molecule has 0 fully saturated rings. The molecule has 0 spiro atoms. The molecule has 0 bridgehead atoms. The van der Waals surface area contributed by atoms with Crippen molar-refractivity contribution in [2.75, 3.05) is 14.1 Å². The van der Waals surface area contributed by atoms with E-state index in [-0.39, 0.29) is 0 Å². The van der Waals surface area contributed by atoms with Gasteiger partial charge in [0.2, 0.25) is 5.89 Å². The number of nitrogens with one attached hydrogen (secondary N) is 1. The fraction of sp³-hybridized carbons (Fsp3) is 0.263. The third-order valence-electron chi connectivity index (χ3n) is 4.03. The van der Waals surface area contributed by atoms with E-state index in [2.05, 4.69) is 30.8 Å². The van der Waals surface area contributed by atoms with Gasteiger partial charge in [0.15, 0.2) is 11.7 Å². The second kappa shape index (κ2) is 7.70. The molecular weight excluding hydrogens is 314 g/mol. The minimum absolute atomic E-state index is 0.483. The smallest absolute Gasteiger partial charge is 0.214 e. The van der Waals surface area contributed by atoms with Gasteiger partial charge in [-0.2, -0.15) is 0 Å². The average molecular weight is 337 g/mol. The summed E-state index contributed by atoms with van der Waals surface area (Å²) in [4.78, 5) is 10.7. The van der Waals surface area contributed by atoms with Crippen molar-refractivity contribution in [1.82, 2.24) is 19.8 Å². The van der Waals surface area contributed by atoms with Gasteiger partial charge >= 0.3 is 0 Å². The van der Waals surface area contributed by atoms with E-state index in [9.17, 15) is 0 Å². The lowest BCUT2D eigenvalue weighted by Gasteiger charge is -2.21. The lowest BCUT2D eigenvalue weighted by molar-refractivity contribution is 0.447. The Morgan fingerprint density at radius 3 is 2.72 bits per heavy atom. The average Bonchev–Trinajstić information content (AvgIpc) is 3.26. The molecular formula is C19H23N5O. The highest BCUT2D eigenvalue weighted by molar-refractivity contribution is 5.79. The van der Waals surface area contributed by atoms with Gasteiger partial charge in [0.1, 0.15) is 0 Å². The molecule has 1 N–H and O–H groups in total. The Labute approximate surface area is 147 Å². The maximum absolute atomic E-state index is 5.82. The fourth-order valence-electron chi connectivity index (χ4n) is 2.65. The summed E-state index contributed by atoms with van der Waals surface area (Å²) in [6.07, 6.45) is 3.79. The molecule has 0 aliphatic heterocycles. The molecule has 0 unspecified atom stereocenters. The predicted octanol–water partition coefficient (Wildman–Crippen LogP) is 2.89. The molecule has 25 heavy (non-hydrogen) atoms. The first-order valence-corrected chi connectivity index (χ1v) is 8.19. The molecule has 0 radical (unpaired) electrons. The first-order chi connectivity index (χ1) is 12.2. The SMILES string of the molecule is CN=C(NCc1ncc(-c2ccccc2)o1)N(C)Cc1cccn1C. The van der Waals surface area contributed by atoms with Crippen LogP contribution in [-0.2, 0) is 20.1 Å². The van der Waals surface area contributed by atoms with E-state index in [1.54, 1.807) is 13.2 Å². The molecule has 1 aromatic carbocycles. The van der Waals surface area contributed by atoms with Gasteiger partial charge < -0.3 is 19.2 Å². The van der Waals surface area contributed by atoms with Gasteiger partial charge in [-0.3, -0.25) is 4.99 Å². The van der Waals surface area contributed by atoms with Crippen molar-refractivity contribution < 1.29 is 4.42 Å². The van der Waals surface area contributed by atoms with Gasteiger partial charge in [-0.1, -0.05) is 30.3 Å². The summed E-state index contributed by atoms with van der Waals surface area (Å²) in [6.45, 7) is 1.25. The van der Waals surface area contributed by atoms with Crippen molar-refractivity contribution in [2.45, 2.75) is 13.1 Å². The summed E-state index contributed by atoms with van der Waals surface area (Å²) >= 11 is 0. The van der Waals surface area contributed by atoms with Crippen LogP contribution in [0.1, 0.15) is 11.6 Å². The third-order valence-corrected chi connectivity index (χ3v) is 4.03. The summed E-state index contributed by atoms with van der Waals surface area (Å²) in [5.41, 5.74) is 2.24. The molecule has 130 valence electrons. The third kappa shape index (κ3) is 4.09. The second-order valence-electron chi connectivity index (χ2n) is 5.85. The Morgan fingerprint density at radius 1 is 1.24 bits per heavy atom. The molecule has 2 aromatic heterocycles. The van der Waals surface area contributed by atoms with E-state index < -0.39 is 0 Å². The highest BCUT2D eigenvalue weighted by Crippen LogP contribution is 2.19. The van der Waals surface area contributed by atoms with E-state index >= 15 is 0 Å². The minimum Gasteiger partial charge on any atom is -0.439 e. The van der Waals surface area contributed by atoms with Gasteiger partial charge in [-0.05, 0) is 12.1 Å². The molecule has 0 saturated heterocycles. The zero-order valence-electron chi connectivity index (χ0n) is 14.8. The highest BCUT2D eigenvalue weighted by Gasteiger charge is 2.11. The number of guanidine groups is 1. The maximum Gasteiger partial charge on any atom is 0.214 e. The largest absolute Gasteiger partial charge is 0.439 e. The van der Waals surface area contributed by atoms with E-state index in [1.165, 1.54) is 5.69 Å². The van der Waals surface area contributed by atoms with Crippen LogP contribution in [0.5, 0.6) is 0 Å². The molecule has 2 heterocycles. The number of nitrogens with zero attached hydrogens (tertiary/aromatic N) is 4. The van der Waals surface area contributed by atoms with E-state index in [0.717, 1.165) is 23.8 Å². The Morgan fingerprint density at radius 2 is 2.04 bits per heavy atom. The van der Waals surface area contributed by atoms with Crippen LogP contribution in [0.15, 0.2) is 64.3 Å². The summed E-state index contributed by atoms with van der Waals surface area (Å²) in [6, 6.07) is 14.1. The molecule has 0 aliphatic carbocycles. The Balaban J connectivity index is 1.60. The number of oxazole rings is 1. The Bertz CT molecular complexity index is 834. The zero-order chi connectivity index (χ0) is 17.6. The van der Waals surface area contributed by atoms with Crippen LogP contribution in [0.25, 0.3) is 11.3 Å². The van der Waals surface area contributed by atoms with Crippen LogP contribution >= 0.6 is 0 Å². The van der Waals surface area contributed by atoms with Crippen molar-refractivity contribution in [3.8, 4) is 11.3 Å². The molecule has 3 rings (SSSR count). The Hall–Kier alpha value is -3.02. The van der Waals surface area contributed by atoms with Crippen molar-refractivity contribution in [1.29, 1.82) is 0 Å². The molecule has 0 aliphatic rings. The topological polar surface area (TPSA) is 58.6 Å². The number of benzene rings is 1. The van der Waals surface area contributed by atoms with Crippen LogP contribution in [-0.4, -0.2) is 34.5 Å². The number of aromatic nitrogens is 2. The summed E-state index contributed by atoms with van der Waals surface area (Å²) in [5, 5.41) is 3.29. The number of rotatable bonds is 5. The van der Waals surface area contributed by atoms with Crippen LogP contribution < -0.4 is 5.32 Å². The molecule has 6 nitrogen and oxygen atoms in total. The van der Waals surface area contributed by atoms with Crippen molar-refractivity contribution in [3.63, 3.8) is 0 Å². The van der Waals surface area contributed by atoms with E-state index in [1.807, 2.05) is 56.7 Å². The minimum atomic E-state index is 0.483. The standard InChI is InChI=1S/C19H23N5O/c1-20-19(24(3)14-16-10-7-11-23(16)2)22-13-18-21-12-17(25-18)15-8-5-4-6-9-15/h4-12H,13-14H2,1-3H3,(H,20,22). The monoisotopic (exact) mass is 337 g/mol. The first-order valence-electron chi connectivity index (χ1n) is 8.19. The number of hydrogen-bond acceptors (Lipinski definition) is 3. The predicted molar refractivity (Wildman–Crippen MR) is 99.0 cm³/mol. The van der Waals surface area contributed by atoms with E-state index in [0.29, 0.717) is 12.4 Å². The van der Waals surface area contributed by atoms with Crippen LogP contribution in [0.3, 0.4) is 0 Å². The van der Waals surface area contributed by atoms with Gasteiger partial charge in [0.25, 0.3) is 0 Å². The zero-order valence-corrected chi connectivity index (χ0v) is 14.8. The molecule has 0 amide bonds. The number of aryl methyl sites for hydroxylation is 1. The van der Waals surface area contributed by atoms with Crippen LogP contribution in [0.2, 0.25) is 0 Å². The Kier molecular flexibility index (Phi) is 5.18. The lowest BCUT2D eigenvalue weighted by Crippen LogP contribution is -2.38. The highest BCUT2D eigenvalue weighted by atomic mass is 16.4. The fourth-order valence-corrected chi connectivity index (χ4v) is 2.65. The second-order valence-corrected chi connectivity index (χ2v) is 5.85. The first kappa shape index (κ1) is 16.8. The van der Waals surface area contributed by atoms with Crippen molar-refractivity contribution >= 4 is 5.96 Å². The van der Waals surface area contributed by atoms with Crippen molar-refractivity contribution in [2.24, 2.45) is 12.0 Å². The van der Waals surface area contributed by atoms with Gasteiger partial charge in [0, 0.05) is 38.6 Å². The molecule has 3 aromatic rings. The van der Waals surface area contributed by atoms with E-state index in [4.69, 9.17) is 4.42 Å². The summed E-state index contributed by atoms with van der Waals surface area (Å²) < 4.78 is 7.92. The lowest BCUT2D eigenvalue weighted by atomic mass is 10.2. The summed E-state index contributed by atoms with van der Waals surface area (Å²) in [7, 11) is 5.82. The molecule has 0 atom stereocenters. The quantitative estimate of drug-likeness (QED) is 0.574. The van der Waals surface area contributed by atoms with Crippen LogP contribution in [0.4, 0.5) is 0 Å². The van der Waals surface area contributed by atoms with Gasteiger partial charge in [-0.15, -0.1) is 0 Å². The maximum atomic E-state index is 5.82. The molecule has 6 heteroatoms. The van der Waals surface area contributed by atoms with Gasteiger partial charge in [0.05, 0.1) is 19.3 Å². The summed E-state index contributed by atoms with van der Waals surface area (Å²) in [5.74, 6) is 2.19. The van der Waals surface area contributed by atoms with Gasteiger partial charge in [-0.25, -0.2) is 4.98 Å². The molecule has 0 saturated carbocycles.